The quantitative estimate of drug-likeness (QED) is 0.349. The van der Waals surface area contributed by atoms with E-state index in [1.807, 2.05) is 12.1 Å². The van der Waals surface area contributed by atoms with Crippen molar-refractivity contribution in [1.29, 1.82) is 0 Å². The third-order valence-corrected chi connectivity index (χ3v) is 7.69. The number of anilines is 1. The first-order chi connectivity index (χ1) is 18.1. The van der Waals surface area contributed by atoms with Crippen LogP contribution in [0.1, 0.15) is 53.9 Å². The van der Waals surface area contributed by atoms with Gasteiger partial charge in [-0.1, -0.05) is 18.6 Å². The van der Waals surface area contributed by atoms with Gasteiger partial charge in [-0.25, -0.2) is 8.78 Å². The van der Waals surface area contributed by atoms with Crippen LogP contribution in [-0.2, 0) is 19.4 Å². The smallest absolute Gasteiger partial charge is 0.165 e. The molecule has 0 aromatic heterocycles. The number of nitrogens with zero attached hydrogens (tertiary/aromatic N) is 1. The highest BCUT2D eigenvalue weighted by atomic mass is 19.1. The summed E-state index contributed by atoms with van der Waals surface area (Å²) in [6, 6.07) is 16.2. The minimum absolute atomic E-state index is 0.214. The molecule has 0 bridgehead atoms. The van der Waals surface area contributed by atoms with E-state index >= 15 is 0 Å². The zero-order chi connectivity index (χ0) is 25.6. The highest BCUT2D eigenvalue weighted by Crippen LogP contribution is 2.37. The van der Waals surface area contributed by atoms with Crippen molar-refractivity contribution in [3.63, 3.8) is 0 Å². The fourth-order valence-corrected chi connectivity index (χ4v) is 5.59. The maximum Gasteiger partial charge on any atom is 0.165 e. The van der Waals surface area contributed by atoms with E-state index in [4.69, 9.17) is 9.47 Å². The zero-order valence-corrected chi connectivity index (χ0v) is 21.6. The maximum absolute atomic E-state index is 14.7. The van der Waals surface area contributed by atoms with Gasteiger partial charge in [0.25, 0.3) is 0 Å². The van der Waals surface area contributed by atoms with Gasteiger partial charge in [0.2, 0.25) is 0 Å². The lowest BCUT2D eigenvalue weighted by molar-refractivity contribution is 0.180. The number of ether oxygens (including phenoxy) is 2. The van der Waals surface area contributed by atoms with E-state index < -0.39 is 0 Å². The summed E-state index contributed by atoms with van der Waals surface area (Å²) in [7, 11) is 1.68. The van der Waals surface area contributed by atoms with Crippen molar-refractivity contribution in [3.05, 3.63) is 88.5 Å². The van der Waals surface area contributed by atoms with Crippen molar-refractivity contribution in [2.45, 2.75) is 51.0 Å². The molecule has 0 saturated carbocycles. The number of benzene rings is 3. The molecule has 2 aliphatic rings. The fourth-order valence-electron chi connectivity index (χ4n) is 5.59. The predicted octanol–water partition coefficient (Wildman–Crippen LogP) is 6.72. The lowest BCUT2D eigenvalue weighted by Gasteiger charge is -2.27. The van der Waals surface area contributed by atoms with Crippen LogP contribution in [0.15, 0.2) is 54.6 Å². The monoisotopic (exact) mass is 506 g/mol. The van der Waals surface area contributed by atoms with Crippen LogP contribution in [-0.4, -0.2) is 38.3 Å². The molecule has 1 aliphatic carbocycles. The average Bonchev–Trinajstić information content (AvgIpc) is 2.93. The number of hydrogen-bond acceptors (Lipinski definition) is 4. The maximum atomic E-state index is 14.7. The van der Waals surface area contributed by atoms with E-state index in [2.05, 4.69) is 22.3 Å². The van der Waals surface area contributed by atoms with Gasteiger partial charge in [-0.05, 0) is 116 Å². The number of halogens is 2. The molecule has 1 N–H and O–H groups in total. The van der Waals surface area contributed by atoms with Gasteiger partial charge in [0.1, 0.15) is 18.2 Å². The number of hydrogen-bond donors (Lipinski definition) is 1. The Morgan fingerprint density at radius 1 is 0.946 bits per heavy atom. The summed E-state index contributed by atoms with van der Waals surface area (Å²) >= 11 is 0. The van der Waals surface area contributed by atoms with Crippen LogP contribution in [0.5, 0.6) is 11.5 Å². The van der Waals surface area contributed by atoms with Gasteiger partial charge in [0.15, 0.2) is 11.6 Å². The lowest BCUT2D eigenvalue weighted by atomic mass is 9.79. The summed E-state index contributed by atoms with van der Waals surface area (Å²) in [6.07, 6.45) is 6.48. The molecular weight excluding hydrogens is 470 g/mol. The number of rotatable bonds is 9. The fraction of sp³-hybridized carbons (Fsp3) is 0.419. The average molecular weight is 507 g/mol. The summed E-state index contributed by atoms with van der Waals surface area (Å²) in [4.78, 5) is 2.38. The molecule has 1 unspecified atom stereocenters. The van der Waals surface area contributed by atoms with Gasteiger partial charge in [0.05, 0.1) is 7.11 Å². The van der Waals surface area contributed by atoms with Crippen molar-refractivity contribution in [1.82, 2.24) is 4.90 Å². The second-order valence-electron chi connectivity index (χ2n) is 10.2. The zero-order valence-electron chi connectivity index (χ0n) is 21.6. The molecule has 5 rings (SSSR count). The Kier molecular flexibility index (Phi) is 8.24. The Morgan fingerprint density at radius 2 is 1.81 bits per heavy atom. The van der Waals surface area contributed by atoms with Crippen molar-refractivity contribution in [2.75, 3.05) is 38.7 Å². The van der Waals surface area contributed by atoms with Crippen molar-refractivity contribution in [3.8, 4) is 11.5 Å². The molecule has 0 amide bonds. The van der Waals surface area contributed by atoms with Crippen LogP contribution in [0.4, 0.5) is 14.5 Å². The van der Waals surface area contributed by atoms with Crippen molar-refractivity contribution in [2.24, 2.45) is 0 Å². The molecule has 3 aromatic carbocycles. The first-order valence-electron chi connectivity index (χ1n) is 13.4. The molecule has 4 nitrogen and oxygen atoms in total. The van der Waals surface area contributed by atoms with Crippen molar-refractivity contribution < 1.29 is 18.3 Å². The van der Waals surface area contributed by atoms with Gasteiger partial charge >= 0.3 is 0 Å². The number of piperidine rings is 1. The molecule has 1 heterocycles. The Hall–Kier alpha value is -3.12. The van der Waals surface area contributed by atoms with Crippen LogP contribution in [0.25, 0.3) is 0 Å². The molecule has 1 atom stereocenters. The first kappa shape index (κ1) is 25.5. The van der Waals surface area contributed by atoms with Crippen LogP contribution in [0, 0.1) is 11.6 Å². The number of likely N-dealkylation sites (tertiary alicyclic amines) is 1. The molecule has 3 aromatic rings. The molecule has 1 fully saturated rings. The molecule has 37 heavy (non-hydrogen) atoms. The standard InChI is InChI=1S/C31H36F2N2O2/c1-36-27-10-8-23-18-25(7-6-24(23)19-27)28-20-26(32)9-11-30(28)34-21-22-5-12-31(29(33)17-22)37-16-15-35-13-3-2-4-14-35/h5,8-12,17,19-20,25,34H,2-4,6-7,13-16,18,21H2,1H3. The second-order valence-corrected chi connectivity index (χ2v) is 10.2. The third-order valence-electron chi connectivity index (χ3n) is 7.69. The largest absolute Gasteiger partial charge is 0.497 e. The number of nitrogens with one attached hydrogen (secondary N) is 1. The van der Waals surface area contributed by atoms with Gasteiger partial charge in [-0.2, -0.15) is 0 Å². The van der Waals surface area contributed by atoms with Crippen LogP contribution >= 0.6 is 0 Å². The lowest BCUT2D eigenvalue weighted by Crippen LogP contribution is -2.33. The number of aryl methyl sites for hydroxylation is 1. The van der Waals surface area contributed by atoms with Gasteiger partial charge in [0, 0.05) is 18.8 Å². The van der Waals surface area contributed by atoms with Crippen LogP contribution in [0.2, 0.25) is 0 Å². The second kappa shape index (κ2) is 12.0. The molecule has 0 spiro atoms. The summed E-state index contributed by atoms with van der Waals surface area (Å²) in [5, 5.41) is 3.43. The third kappa shape index (κ3) is 6.42. The Morgan fingerprint density at radius 3 is 2.62 bits per heavy atom. The minimum Gasteiger partial charge on any atom is -0.497 e. The van der Waals surface area contributed by atoms with Crippen LogP contribution in [0.3, 0.4) is 0 Å². The van der Waals surface area contributed by atoms with Crippen LogP contribution < -0.4 is 14.8 Å². The Labute approximate surface area is 218 Å². The molecular formula is C31H36F2N2O2. The van der Waals surface area contributed by atoms with Gasteiger partial charge in [-0.15, -0.1) is 0 Å². The van der Waals surface area contributed by atoms with E-state index in [0.717, 1.165) is 61.5 Å². The van der Waals surface area contributed by atoms with E-state index in [-0.39, 0.29) is 17.6 Å². The highest BCUT2D eigenvalue weighted by Gasteiger charge is 2.23. The van der Waals surface area contributed by atoms with Gasteiger partial charge in [-0.3, -0.25) is 4.90 Å². The predicted molar refractivity (Wildman–Crippen MR) is 144 cm³/mol. The van der Waals surface area contributed by atoms with E-state index in [9.17, 15) is 8.78 Å². The molecule has 6 heteroatoms. The molecule has 0 radical (unpaired) electrons. The topological polar surface area (TPSA) is 33.7 Å². The number of methoxy groups -OCH3 is 1. The van der Waals surface area contributed by atoms with E-state index in [0.29, 0.717) is 18.9 Å². The molecule has 1 aliphatic heterocycles. The normalized spacial score (nSPS) is 17.8. The minimum atomic E-state index is -0.350. The van der Waals surface area contributed by atoms with Crippen molar-refractivity contribution >= 4 is 5.69 Å². The summed E-state index contributed by atoms with van der Waals surface area (Å²) in [6.45, 7) is 3.97. The highest BCUT2D eigenvalue weighted by molar-refractivity contribution is 5.55. The Bertz CT molecular complexity index is 1210. The first-order valence-corrected chi connectivity index (χ1v) is 13.4. The number of fused-ring (bicyclic) bond motifs is 1. The Balaban J connectivity index is 1.21. The SMILES string of the molecule is COc1ccc2c(c1)CCC(c1cc(F)ccc1NCc1ccc(OCCN3CCCCC3)c(F)c1)C2. The molecule has 196 valence electrons. The summed E-state index contributed by atoms with van der Waals surface area (Å²) in [5.74, 6) is 0.790. The molecule has 1 saturated heterocycles. The van der Waals surface area contributed by atoms with Gasteiger partial charge < -0.3 is 14.8 Å². The summed E-state index contributed by atoms with van der Waals surface area (Å²) < 4.78 is 40.1. The van der Waals surface area contributed by atoms with E-state index in [1.165, 1.54) is 42.5 Å². The van der Waals surface area contributed by atoms with E-state index in [1.54, 1.807) is 25.3 Å². The summed E-state index contributed by atoms with van der Waals surface area (Å²) in [5.41, 5.74) is 5.27.